The van der Waals surface area contributed by atoms with Gasteiger partial charge >= 0.3 is 0 Å². The summed E-state index contributed by atoms with van der Waals surface area (Å²) in [5, 5.41) is 18.6. The number of rotatable bonds is 4. The number of aliphatic hydroxyl groups is 2. The van der Waals surface area contributed by atoms with Crippen LogP contribution in [-0.4, -0.2) is 47.0 Å². The fraction of sp³-hybridized carbons (Fsp3) is 1.00. The maximum Gasteiger partial charge on any atom is 0.0938 e. The molecule has 0 saturated carbocycles. The molecule has 0 spiro atoms. The number of hydrogen-bond acceptors (Lipinski definition) is 3. The van der Waals surface area contributed by atoms with Crippen LogP contribution in [0, 0.1) is 5.92 Å². The molecule has 0 bridgehead atoms. The zero-order chi connectivity index (χ0) is 9.84. The van der Waals surface area contributed by atoms with Gasteiger partial charge in [0.2, 0.25) is 0 Å². The third-order valence-corrected chi connectivity index (χ3v) is 2.59. The summed E-state index contributed by atoms with van der Waals surface area (Å²) in [5.41, 5.74) is 0. The molecule has 1 aliphatic heterocycles. The Morgan fingerprint density at radius 3 is 2.23 bits per heavy atom. The predicted molar refractivity (Wildman–Crippen MR) is 52.5 cm³/mol. The van der Waals surface area contributed by atoms with Crippen LogP contribution in [0.4, 0.5) is 0 Å². The zero-order valence-electron chi connectivity index (χ0n) is 8.61. The fourth-order valence-corrected chi connectivity index (χ4v) is 1.75. The highest BCUT2D eigenvalue weighted by Gasteiger charge is 2.28. The highest BCUT2D eigenvalue weighted by Crippen LogP contribution is 2.12. The molecule has 2 unspecified atom stereocenters. The monoisotopic (exact) mass is 187 g/mol. The Labute approximate surface area is 80.4 Å². The minimum Gasteiger partial charge on any atom is -0.389 e. The molecule has 3 heteroatoms. The van der Waals surface area contributed by atoms with E-state index < -0.39 is 12.2 Å². The number of likely N-dealkylation sites (tertiary alicyclic amines) is 1. The van der Waals surface area contributed by atoms with Crippen LogP contribution in [0.2, 0.25) is 0 Å². The summed E-state index contributed by atoms with van der Waals surface area (Å²) in [6.45, 7) is 6.71. The SMILES string of the molecule is CC(C)CCCN1CC(O)C(O)C1. The molecule has 0 amide bonds. The van der Waals surface area contributed by atoms with E-state index in [0.717, 1.165) is 18.9 Å². The quantitative estimate of drug-likeness (QED) is 0.672. The standard InChI is InChI=1S/C10H21NO2/c1-8(2)4-3-5-11-6-9(12)10(13)7-11/h8-10,12-13H,3-7H2,1-2H3. The van der Waals surface area contributed by atoms with E-state index in [-0.39, 0.29) is 0 Å². The Balaban J connectivity index is 2.10. The molecule has 13 heavy (non-hydrogen) atoms. The predicted octanol–water partition coefficient (Wildman–Crippen LogP) is 0.460. The molecule has 1 heterocycles. The van der Waals surface area contributed by atoms with Crippen LogP contribution in [0.3, 0.4) is 0 Å². The highest BCUT2D eigenvalue weighted by atomic mass is 16.3. The van der Waals surface area contributed by atoms with Crippen molar-refractivity contribution >= 4 is 0 Å². The molecule has 0 radical (unpaired) electrons. The van der Waals surface area contributed by atoms with Crippen molar-refractivity contribution < 1.29 is 10.2 Å². The first kappa shape index (κ1) is 11.0. The summed E-state index contributed by atoms with van der Waals surface area (Å²) >= 11 is 0. The van der Waals surface area contributed by atoms with Crippen molar-refractivity contribution in [3.8, 4) is 0 Å². The van der Waals surface area contributed by atoms with Gasteiger partial charge in [0.05, 0.1) is 12.2 Å². The van der Waals surface area contributed by atoms with Crippen LogP contribution < -0.4 is 0 Å². The van der Waals surface area contributed by atoms with Gasteiger partial charge in [-0.15, -0.1) is 0 Å². The first-order valence-corrected chi connectivity index (χ1v) is 5.18. The minimum absolute atomic E-state index is 0.529. The van der Waals surface area contributed by atoms with Crippen molar-refractivity contribution in [2.45, 2.75) is 38.9 Å². The molecular formula is C10H21NO2. The minimum atomic E-state index is -0.529. The van der Waals surface area contributed by atoms with Gasteiger partial charge in [0.1, 0.15) is 0 Å². The molecule has 78 valence electrons. The Morgan fingerprint density at radius 1 is 1.23 bits per heavy atom. The van der Waals surface area contributed by atoms with E-state index >= 15 is 0 Å². The fourth-order valence-electron chi connectivity index (χ4n) is 1.75. The molecule has 1 rings (SSSR count). The van der Waals surface area contributed by atoms with Crippen molar-refractivity contribution in [1.29, 1.82) is 0 Å². The second kappa shape index (κ2) is 4.94. The van der Waals surface area contributed by atoms with Gasteiger partial charge in [-0.3, -0.25) is 4.90 Å². The molecule has 0 aromatic heterocycles. The summed E-state index contributed by atoms with van der Waals surface area (Å²) < 4.78 is 0. The van der Waals surface area contributed by atoms with Crippen LogP contribution in [0.1, 0.15) is 26.7 Å². The average molecular weight is 187 g/mol. The van der Waals surface area contributed by atoms with Gasteiger partial charge in [0.25, 0.3) is 0 Å². The lowest BCUT2D eigenvalue weighted by molar-refractivity contribution is 0.0572. The van der Waals surface area contributed by atoms with Gasteiger partial charge in [0.15, 0.2) is 0 Å². The number of aliphatic hydroxyl groups excluding tert-OH is 2. The third kappa shape index (κ3) is 3.63. The normalized spacial score (nSPS) is 30.2. The Morgan fingerprint density at radius 2 is 1.77 bits per heavy atom. The van der Waals surface area contributed by atoms with Crippen LogP contribution in [0.25, 0.3) is 0 Å². The number of hydrogen-bond donors (Lipinski definition) is 2. The number of β-amino-alcohol motifs (C(OH)–C–C–N with tert-alkyl or cyclic N) is 2. The van der Waals surface area contributed by atoms with Crippen LogP contribution in [0.15, 0.2) is 0 Å². The summed E-state index contributed by atoms with van der Waals surface area (Å²) in [5.74, 6) is 0.748. The molecule has 1 fully saturated rings. The smallest absolute Gasteiger partial charge is 0.0938 e. The van der Waals surface area contributed by atoms with Crippen molar-refractivity contribution in [1.82, 2.24) is 4.90 Å². The van der Waals surface area contributed by atoms with Crippen molar-refractivity contribution in [2.24, 2.45) is 5.92 Å². The molecule has 2 atom stereocenters. The maximum atomic E-state index is 9.28. The van der Waals surface area contributed by atoms with E-state index in [0.29, 0.717) is 13.1 Å². The van der Waals surface area contributed by atoms with Gasteiger partial charge in [0, 0.05) is 13.1 Å². The lowest BCUT2D eigenvalue weighted by Gasteiger charge is -2.14. The number of nitrogens with zero attached hydrogens (tertiary/aromatic N) is 1. The van der Waals surface area contributed by atoms with E-state index in [2.05, 4.69) is 18.7 Å². The first-order valence-electron chi connectivity index (χ1n) is 5.18. The molecule has 1 aliphatic rings. The molecule has 0 aromatic rings. The topological polar surface area (TPSA) is 43.7 Å². The maximum absolute atomic E-state index is 9.28. The summed E-state index contributed by atoms with van der Waals surface area (Å²) in [6, 6.07) is 0. The average Bonchev–Trinajstić information content (AvgIpc) is 2.30. The van der Waals surface area contributed by atoms with E-state index in [4.69, 9.17) is 0 Å². The van der Waals surface area contributed by atoms with Gasteiger partial charge in [-0.1, -0.05) is 13.8 Å². The largest absolute Gasteiger partial charge is 0.389 e. The lowest BCUT2D eigenvalue weighted by Crippen LogP contribution is -2.23. The van der Waals surface area contributed by atoms with Crippen molar-refractivity contribution in [2.75, 3.05) is 19.6 Å². The lowest BCUT2D eigenvalue weighted by atomic mass is 10.1. The summed E-state index contributed by atoms with van der Waals surface area (Å²) in [6.07, 6.45) is 1.33. The first-order chi connectivity index (χ1) is 6.09. The van der Waals surface area contributed by atoms with Gasteiger partial charge in [-0.2, -0.15) is 0 Å². The van der Waals surface area contributed by atoms with Crippen molar-refractivity contribution in [3.63, 3.8) is 0 Å². The molecule has 3 nitrogen and oxygen atoms in total. The van der Waals surface area contributed by atoms with Gasteiger partial charge in [-0.05, 0) is 25.3 Å². The van der Waals surface area contributed by atoms with E-state index in [9.17, 15) is 10.2 Å². The molecule has 2 N–H and O–H groups in total. The second-order valence-electron chi connectivity index (χ2n) is 4.43. The Kier molecular flexibility index (Phi) is 4.16. The van der Waals surface area contributed by atoms with Gasteiger partial charge < -0.3 is 10.2 Å². The van der Waals surface area contributed by atoms with Gasteiger partial charge in [-0.25, -0.2) is 0 Å². The Hall–Kier alpha value is -0.120. The summed E-state index contributed by atoms with van der Waals surface area (Å²) in [4.78, 5) is 2.14. The molecule has 0 aromatic carbocycles. The third-order valence-electron chi connectivity index (χ3n) is 2.59. The molecule has 1 saturated heterocycles. The van der Waals surface area contributed by atoms with Crippen LogP contribution >= 0.6 is 0 Å². The highest BCUT2D eigenvalue weighted by molar-refractivity contribution is 4.82. The van der Waals surface area contributed by atoms with E-state index in [1.807, 2.05) is 0 Å². The molecule has 0 aliphatic carbocycles. The second-order valence-corrected chi connectivity index (χ2v) is 4.43. The van der Waals surface area contributed by atoms with E-state index in [1.54, 1.807) is 0 Å². The van der Waals surface area contributed by atoms with Crippen molar-refractivity contribution in [3.05, 3.63) is 0 Å². The van der Waals surface area contributed by atoms with Crippen LogP contribution in [-0.2, 0) is 0 Å². The van der Waals surface area contributed by atoms with E-state index in [1.165, 1.54) is 6.42 Å². The van der Waals surface area contributed by atoms with Crippen LogP contribution in [0.5, 0.6) is 0 Å². The molecular weight excluding hydrogens is 166 g/mol. The Bertz CT molecular complexity index is 140. The summed E-state index contributed by atoms with van der Waals surface area (Å²) in [7, 11) is 0. The zero-order valence-corrected chi connectivity index (χ0v) is 8.61.